The SMILES string of the molecule is COc1ccccc1N(C)c1nc(C(=O)CCl)cs1. The number of hydrogen-bond acceptors (Lipinski definition) is 5. The molecule has 1 aromatic carbocycles. The molecule has 4 nitrogen and oxygen atoms in total. The largest absolute Gasteiger partial charge is 0.495 e. The molecule has 19 heavy (non-hydrogen) atoms. The van der Waals surface area contributed by atoms with Gasteiger partial charge in [0.25, 0.3) is 0 Å². The fraction of sp³-hybridized carbons (Fsp3) is 0.231. The summed E-state index contributed by atoms with van der Waals surface area (Å²) in [5.74, 6) is 0.532. The van der Waals surface area contributed by atoms with Crippen molar-refractivity contribution in [3.63, 3.8) is 0 Å². The van der Waals surface area contributed by atoms with E-state index in [1.54, 1.807) is 12.5 Å². The average Bonchev–Trinajstić information content (AvgIpc) is 2.95. The van der Waals surface area contributed by atoms with Gasteiger partial charge in [-0.2, -0.15) is 0 Å². The summed E-state index contributed by atoms with van der Waals surface area (Å²) in [4.78, 5) is 17.6. The second-order valence-electron chi connectivity index (χ2n) is 3.80. The van der Waals surface area contributed by atoms with Crippen LogP contribution in [0.15, 0.2) is 29.6 Å². The van der Waals surface area contributed by atoms with Crippen molar-refractivity contribution in [3.05, 3.63) is 35.3 Å². The first-order valence-electron chi connectivity index (χ1n) is 5.58. The Morgan fingerprint density at radius 3 is 2.89 bits per heavy atom. The fourth-order valence-electron chi connectivity index (χ4n) is 1.62. The Morgan fingerprint density at radius 2 is 2.21 bits per heavy atom. The molecule has 1 heterocycles. The number of para-hydroxylation sites is 2. The molecule has 0 aliphatic carbocycles. The van der Waals surface area contributed by atoms with Crippen molar-refractivity contribution < 1.29 is 9.53 Å². The van der Waals surface area contributed by atoms with Crippen LogP contribution in [0.1, 0.15) is 10.5 Å². The zero-order valence-corrected chi connectivity index (χ0v) is 12.2. The van der Waals surface area contributed by atoms with Gasteiger partial charge in [-0.15, -0.1) is 22.9 Å². The van der Waals surface area contributed by atoms with Gasteiger partial charge < -0.3 is 9.64 Å². The van der Waals surface area contributed by atoms with Gasteiger partial charge in [0.05, 0.1) is 18.7 Å². The number of ether oxygens (including phenoxy) is 1. The Kier molecular flexibility index (Phi) is 4.39. The third-order valence-electron chi connectivity index (χ3n) is 2.63. The third kappa shape index (κ3) is 2.88. The maximum Gasteiger partial charge on any atom is 0.196 e. The van der Waals surface area contributed by atoms with Crippen LogP contribution < -0.4 is 9.64 Å². The van der Waals surface area contributed by atoms with E-state index in [1.807, 2.05) is 36.2 Å². The van der Waals surface area contributed by atoms with Crippen LogP contribution in [0.4, 0.5) is 10.8 Å². The van der Waals surface area contributed by atoms with Gasteiger partial charge in [0.2, 0.25) is 0 Å². The first-order chi connectivity index (χ1) is 9.17. The van der Waals surface area contributed by atoms with Crippen molar-refractivity contribution in [2.24, 2.45) is 0 Å². The summed E-state index contributed by atoms with van der Waals surface area (Å²) in [6.07, 6.45) is 0. The molecule has 0 radical (unpaired) electrons. The highest BCUT2D eigenvalue weighted by molar-refractivity contribution is 7.14. The van der Waals surface area contributed by atoms with Crippen molar-refractivity contribution in [2.75, 3.05) is 24.9 Å². The minimum absolute atomic E-state index is 0.0540. The Hall–Kier alpha value is -1.59. The molecular weight excluding hydrogens is 284 g/mol. The topological polar surface area (TPSA) is 42.4 Å². The lowest BCUT2D eigenvalue weighted by Gasteiger charge is -2.18. The highest BCUT2D eigenvalue weighted by atomic mass is 35.5. The zero-order chi connectivity index (χ0) is 13.8. The van der Waals surface area contributed by atoms with E-state index < -0.39 is 0 Å². The molecule has 0 aliphatic heterocycles. The van der Waals surface area contributed by atoms with Crippen molar-refractivity contribution >= 4 is 39.5 Å². The lowest BCUT2D eigenvalue weighted by atomic mass is 10.3. The van der Waals surface area contributed by atoms with Gasteiger partial charge in [-0.1, -0.05) is 12.1 Å². The van der Waals surface area contributed by atoms with Gasteiger partial charge in [0, 0.05) is 12.4 Å². The number of alkyl halides is 1. The Balaban J connectivity index is 2.31. The first-order valence-corrected chi connectivity index (χ1v) is 7.00. The predicted molar refractivity (Wildman–Crippen MR) is 78.2 cm³/mol. The van der Waals surface area contributed by atoms with Crippen LogP contribution in [0.3, 0.4) is 0 Å². The van der Waals surface area contributed by atoms with E-state index in [-0.39, 0.29) is 11.7 Å². The van der Waals surface area contributed by atoms with Crippen molar-refractivity contribution in [1.29, 1.82) is 0 Å². The first kappa shape index (κ1) is 13.8. The number of benzene rings is 1. The summed E-state index contributed by atoms with van der Waals surface area (Å²) in [5, 5.41) is 2.43. The Bertz CT molecular complexity index is 586. The molecule has 0 fully saturated rings. The van der Waals surface area contributed by atoms with E-state index in [2.05, 4.69) is 4.98 Å². The number of aromatic nitrogens is 1. The van der Waals surface area contributed by atoms with Gasteiger partial charge in [0.1, 0.15) is 11.4 Å². The number of Topliss-reactive ketones (excluding diaryl/α,β-unsaturated/α-hetero) is 1. The number of anilines is 2. The molecule has 0 saturated heterocycles. The smallest absolute Gasteiger partial charge is 0.196 e. The highest BCUT2D eigenvalue weighted by Gasteiger charge is 2.15. The quantitative estimate of drug-likeness (QED) is 0.627. The molecule has 0 N–H and O–H groups in total. The number of rotatable bonds is 5. The van der Waals surface area contributed by atoms with Crippen LogP contribution in [0, 0.1) is 0 Å². The van der Waals surface area contributed by atoms with Gasteiger partial charge in [-0.05, 0) is 12.1 Å². The maximum atomic E-state index is 11.5. The minimum atomic E-state index is -0.169. The van der Waals surface area contributed by atoms with Gasteiger partial charge >= 0.3 is 0 Å². The molecule has 1 aromatic heterocycles. The van der Waals surface area contributed by atoms with Crippen molar-refractivity contribution in [2.45, 2.75) is 0 Å². The lowest BCUT2D eigenvalue weighted by Crippen LogP contribution is -2.11. The number of methoxy groups -OCH3 is 1. The average molecular weight is 297 g/mol. The number of hydrogen-bond donors (Lipinski definition) is 0. The molecule has 0 spiro atoms. The molecule has 0 amide bonds. The van der Waals surface area contributed by atoms with E-state index in [0.29, 0.717) is 5.69 Å². The standard InChI is InChI=1S/C13H13ClN2O2S/c1-16(10-5-3-4-6-12(10)18-2)13-15-9(8-19-13)11(17)7-14/h3-6,8H,7H2,1-2H3. The van der Waals surface area contributed by atoms with Crippen LogP contribution in [-0.2, 0) is 0 Å². The molecule has 2 rings (SSSR count). The van der Waals surface area contributed by atoms with Crippen LogP contribution in [0.5, 0.6) is 5.75 Å². The predicted octanol–water partition coefficient (Wildman–Crippen LogP) is 3.34. The number of carbonyl (C=O) groups is 1. The molecule has 100 valence electrons. The van der Waals surface area contributed by atoms with E-state index in [0.717, 1.165) is 16.6 Å². The van der Waals surface area contributed by atoms with Gasteiger partial charge in [-0.3, -0.25) is 4.79 Å². The van der Waals surface area contributed by atoms with Crippen LogP contribution in [0.2, 0.25) is 0 Å². The second kappa shape index (κ2) is 6.04. The molecule has 0 saturated carbocycles. The van der Waals surface area contributed by atoms with Gasteiger partial charge in [0.15, 0.2) is 10.9 Å². The molecular formula is C13H13ClN2O2S. The van der Waals surface area contributed by atoms with Crippen LogP contribution in [-0.4, -0.2) is 30.8 Å². The van der Waals surface area contributed by atoms with E-state index in [4.69, 9.17) is 16.3 Å². The summed E-state index contributed by atoms with van der Waals surface area (Å²) in [6.45, 7) is 0. The maximum absolute atomic E-state index is 11.5. The Morgan fingerprint density at radius 1 is 1.47 bits per heavy atom. The third-order valence-corrected chi connectivity index (χ3v) is 3.79. The second-order valence-corrected chi connectivity index (χ2v) is 4.91. The van der Waals surface area contributed by atoms with Crippen molar-refractivity contribution in [3.8, 4) is 5.75 Å². The summed E-state index contributed by atoms with van der Waals surface area (Å²) in [5.41, 5.74) is 1.29. The Labute approximate surface area is 120 Å². The van der Waals surface area contributed by atoms with Crippen molar-refractivity contribution in [1.82, 2.24) is 4.98 Å². The fourth-order valence-corrected chi connectivity index (χ4v) is 2.57. The number of nitrogens with zero attached hydrogens (tertiary/aromatic N) is 2. The number of carbonyl (C=O) groups excluding carboxylic acids is 1. The normalized spacial score (nSPS) is 10.3. The summed E-state index contributed by atoms with van der Waals surface area (Å²) >= 11 is 6.92. The minimum Gasteiger partial charge on any atom is -0.495 e. The van der Waals surface area contributed by atoms with E-state index >= 15 is 0 Å². The zero-order valence-electron chi connectivity index (χ0n) is 10.6. The van der Waals surface area contributed by atoms with E-state index in [9.17, 15) is 4.79 Å². The molecule has 6 heteroatoms. The highest BCUT2D eigenvalue weighted by Crippen LogP contribution is 2.33. The summed E-state index contributed by atoms with van der Waals surface area (Å²) in [7, 11) is 3.50. The van der Waals surface area contributed by atoms with E-state index in [1.165, 1.54) is 11.3 Å². The van der Waals surface area contributed by atoms with Crippen LogP contribution >= 0.6 is 22.9 Å². The monoisotopic (exact) mass is 296 g/mol. The molecule has 0 bridgehead atoms. The molecule has 0 aliphatic rings. The molecule has 0 atom stereocenters. The number of thiazole rings is 1. The lowest BCUT2D eigenvalue weighted by molar-refractivity contribution is 0.101. The number of halogens is 1. The molecule has 0 unspecified atom stereocenters. The summed E-state index contributed by atoms with van der Waals surface area (Å²) < 4.78 is 5.31. The van der Waals surface area contributed by atoms with Crippen LogP contribution in [0.25, 0.3) is 0 Å². The summed E-state index contributed by atoms with van der Waals surface area (Å²) in [6, 6.07) is 7.64. The number of ketones is 1. The molecule has 2 aromatic rings. The van der Waals surface area contributed by atoms with Gasteiger partial charge in [-0.25, -0.2) is 4.98 Å².